The number of amides is 1. The molecule has 1 amide bonds. The molecule has 112 valence electrons. The van der Waals surface area contributed by atoms with Gasteiger partial charge in [0.1, 0.15) is 5.69 Å². The number of nitrogens with zero attached hydrogens (tertiary/aromatic N) is 3. The van der Waals surface area contributed by atoms with E-state index >= 15 is 0 Å². The van der Waals surface area contributed by atoms with E-state index in [0.717, 1.165) is 18.5 Å². The van der Waals surface area contributed by atoms with Crippen LogP contribution in [0.25, 0.3) is 0 Å². The molecule has 0 saturated heterocycles. The Hall–Kier alpha value is -1.62. The average molecular weight is 279 g/mol. The van der Waals surface area contributed by atoms with E-state index in [4.69, 9.17) is 0 Å². The van der Waals surface area contributed by atoms with Crippen molar-refractivity contribution in [2.45, 2.75) is 32.7 Å². The molecule has 1 N–H and O–H groups in total. The Balaban J connectivity index is 3.08. The predicted molar refractivity (Wildman–Crippen MR) is 81.1 cm³/mol. The van der Waals surface area contributed by atoms with Gasteiger partial charge in [-0.15, -0.1) is 0 Å². The Bertz CT molecular complexity index is 431. The Morgan fingerprint density at radius 2 is 2.00 bits per heavy atom. The third kappa shape index (κ3) is 3.93. The van der Waals surface area contributed by atoms with Gasteiger partial charge >= 0.3 is 0 Å². The van der Waals surface area contributed by atoms with Gasteiger partial charge in [0.15, 0.2) is 0 Å². The topological polar surface area (TPSA) is 56.7 Å². The van der Waals surface area contributed by atoms with Gasteiger partial charge < -0.3 is 14.9 Å². The second kappa shape index (κ2) is 7.85. The molecule has 0 unspecified atom stereocenters. The molecule has 0 aliphatic rings. The molecule has 0 aliphatic carbocycles. The standard InChI is InChI=1S/C15H25N3O2/c1-5-12(6-2)18(9-10-19)13-7-8-16-14(11-13)15(20)17(3)4/h7-8,11-12,19H,5-6,9-10H2,1-4H3. The van der Waals surface area contributed by atoms with E-state index in [1.165, 1.54) is 4.90 Å². The van der Waals surface area contributed by atoms with Crippen LogP contribution in [0.5, 0.6) is 0 Å². The average Bonchev–Trinajstić information content (AvgIpc) is 2.46. The normalized spacial score (nSPS) is 10.7. The molecule has 0 saturated carbocycles. The number of aliphatic hydroxyl groups is 1. The molecular weight excluding hydrogens is 254 g/mol. The summed E-state index contributed by atoms with van der Waals surface area (Å²) >= 11 is 0. The van der Waals surface area contributed by atoms with E-state index in [-0.39, 0.29) is 12.5 Å². The van der Waals surface area contributed by atoms with Gasteiger partial charge in [-0.3, -0.25) is 9.78 Å². The molecule has 0 spiro atoms. The van der Waals surface area contributed by atoms with E-state index in [0.29, 0.717) is 18.3 Å². The highest BCUT2D eigenvalue weighted by Gasteiger charge is 2.17. The minimum atomic E-state index is -0.111. The first kappa shape index (κ1) is 16.4. The fourth-order valence-corrected chi connectivity index (χ4v) is 2.30. The van der Waals surface area contributed by atoms with Crippen molar-refractivity contribution in [3.8, 4) is 0 Å². The molecule has 1 rings (SSSR count). The zero-order valence-corrected chi connectivity index (χ0v) is 12.8. The molecule has 1 heterocycles. The van der Waals surface area contributed by atoms with Crippen molar-refractivity contribution in [3.05, 3.63) is 24.0 Å². The molecule has 0 radical (unpaired) electrons. The molecule has 0 fully saturated rings. The lowest BCUT2D eigenvalue weighted by atomic mass is 10.1. The summed E-state index contributed by atoms with van der Waals surface area (Å²) in [6, 6.07) is 4.04. The van der Waals surface area contributed by atoms with Crippen LogP contribution in [0.4, 0.5) is 5.69 Å². The number of aliphatic hydroxyl groups excluding tert-OH is 1. The van der Waals surface area contributed by atoms with E-state index in [9.17, 15) is 9.90 Å². The largest absolute Gasteiger partial charge is 0.395 e. The SMILES string of the molecule is CCC(CC)N(CCO)c1ccnc(C(=O)N(C)C)c1. The summed E-state index contributed by atoms with van der Waals surface area (Å²) in [6.45, 7) is 4.92. The zero-order valence-electron chi connectivity index (χ0n) is 12.8. The highest BCUT2D eigenvalue weighted by Crippen LogP contribution is 2.21. The van der Waals surface area contributed by atoms with Crippen molar-refractivity contribution < 1.29 is 9.90 Å². The smallest absolute Gasteiger partial charge is 0.272 e. The van der Waals surface area contributed by atoms with Crippen molar-refractivity contribution in [3.63, 3.8) is 0 Å². The summed E-state index contributed by atoms with van der Waals surface area (Å²) in [6.07, 6.45) is 3.64. The van der Waals surface area contributed by atoms with Crippen molar-refractivity contribution in [2.75, 3.05) is 32.1 Å². The van der Waals surface area contributed by atoms with E-state index in [1.807, 2.05) is 6.07 Å². The number of hydrogen-bond donors (Lipinski definition) is 1. The Kier molecular flexibility index (Phi) is 6.45. The Morgan fingerprint density at radius 3 is 2.50 bits per heavy atom. The molecule has 0 aliphatic heterocycles. The second-order valence-corrected chi connectivity index (χ2v) is 4.99. The van der Waals surface area contributed by atoms with Crippen LogP contribution in [-0.4, -0.2) is 54.2 Å². The molecule has 5 heteroatoms. The van der Waals surface area contributed by atoms with E-state index < -0.39 is 0 Å². The van der Waals surface area contributed by atoms with Crippen LogP contribution in [0, 0.1) is 0 Å². The van der Waals surface area contributed by atoms with Gasteiger partial charge in [0.2, 0.25) is 0 Å². The van der Waals surface area contributed by atoms with Crippen LogP contribution in [0.15, 0.2) is 18.3 Å². The van der Waals surface area contributed by atoms with Crippen LogP contribution >= 0.6 is 0 Å². The van der Waals surface area contributed by atoms with E-state index in [2.05, 4.69) is 23.7 Å². The van der Waals surface area contributed by atoms with Gasteiger partial charge in [0.25, 0.3) is 5.91 Å². The molecule has 1 aromatic rings. The molecule has 20 heavy (non-hydrogen) atoms. The highest BCUT2D eigenvalue weighted by molar-refractivity contribution is 5.92. The fourth-order valence-electron chi connectivity index (χ4n) is 2.30. The summed E-state index contributed by atoms with van der Waals surface area (Å²) < 4.78 is 0. The van der Waals surface area contributed by atoms with Crippen LogP contribution in [0.3, 0.4) is 0 Å². The number of pyridine rings is 1. The maximum Gasteiger partial charge on any atom is 0.272 e. The van der Waals surface area contributed by atoms with Gasteiger partial charge in [-0.1, -0.05) is 13.8 Å². The van der Waals surface area contributed by atoms with Crippen molar-refractivity contribution >= 4 is 11.6 Å². The summed E-state index contributed by atoms with van der Waals surface area (Å²) in [5.41, 5.74) is 1.37. The molecule has 5 nitrogen and oxygen atoms in total. The zero-order chi connectivity index (χ0) is 15.1. The Morgan fingerprint density at radius 1 is 1.35 bits per heavy atom. The van der Waals surface area contributed by atoms with Crippen molar-refractivity contribution in [2.24, 2.45) is 0 Å². The lowest BCUT2D eigenvalue weighted by molar-refractivity contribution is 0.0822. The number of aromatic nitrogens is 1. The molecule has 0 aromatic carbocycles. The van der Waals surface area contributed by atoms with Crippen LogP contribution in [-0.2, 0) is 0 Å². The first-order chi connectivity index (χ1) is 9.54. The maximum atomic E-state index is 12.0. The highest BCUT2D eigenvalue weighted by atomic mass is 16.3. The minimum Gasteiger partial charge on any atom is -0.395 e. The van der Waals surface area contributed by atoms with Gasteiger partial charge in [-0.25, -0.2) is 0 Å². The van der Waals surface area contributed by atoms with Crippen LogP contribution in [0.2, 0.25) is 0 Å². The molecule has 1 aromatic heterocycles. The fraction of sp³-hybridized carbons (Fsp3) is 0.600. The molecular formula is C15H25N3O2. The minimum absolute atomic E-state index is 0.0930. The number of rotatable bonds is 7. The summed E-state index contributed by atoms with van der Waals surface area (Å²) in [5, 5.41) is 9.27. The Labute approximate surface area is 121 Å². The lowest BCUT2D eigenvalue weighted by Crippen LogP contribution is -2.37. The quantitative estimate of drug-likeness (QED) is 0.826. The van der Waals surface area contributed by atoms with Gasteiger partial charge in [-0.05, 0) is 25.0 Å². The van der Waals surface area contributed by atoms with Crippen molar-refractivity contribution in [1.29, 1.82) is 0 Å². The van der Waals surface area contributed by atoms with Gasteiger partial charge in [0.05, 0.1) is 6.61 Å². The molecule has 0 atom stereocenters. The maximum absolute atomic E-state index is 12.0. The number of hydrogen-bond acceptors (Lipinski definition) is 4. The number of carbonyl (C=O) groups excluding carboxylic acids is 1. The van der Waals surface area contributed by atoms with Gasteiger partial charge in [-0.2, -0.15) is 0 Å². The predicted octanol–water partition coefficient (Wildman–Crippen LogP) is 1.77. The summed E-state index contributed by atoms with van der Waals surface area (Å²) in [5.74, 6) is -0.111. The first-order valence-electron chi connectivity index (χ1n) is 7.10. The van der Waals surface area contributed by atoms with Crippen LogP contribution in [0.1, 0.15) is 37.2 Å². The van der Waals surface area contributed by atoms with E-state index in [1.54, 1.807) is 26.4 Å². The second-order valence-electron chi connectivity index (χ2n) is 4.99. The first-order valence-corrected chi connectivity index (χ1v) is 7.10. The van der Waals surface area contributed by atoms with Gasteiger partial charge in [0, 0.05) is 38.6 Å². The molecule has 0 bridgehead atoms. The van der Waals surface area contributed by atoms with Crippen LogP contribution < -0.4 is 4.90 Å². The summed E-state index contributed by atoms with van der Waals surface area (Å²) in [7, 11) is 3.42. The third-order valence-corrected chi connectivity index (χ3v) is 3.42. The monoisotopic (exact) mass is 279 g/mol. The van der Waals surface area contributed by atoms with Crippen molar-refractivity contribution in [1.82, 2.24) is 9.88 Å². The number of carbonyl (C=O) groups is 1. The summed E-state index contributed by atoms with van der Waals surface area (Å²) in [4.78, 5) is 19.8. The lowest BCUT2D eigenvalue weighted by Gasteiger charge is -2.32. The third-order valence-electron chi connectivity index (χ3n) is 3.42. The number of anilines is 1.